The number of benzene rings is 2. The molecule has 0 spiro atoms. The van der Waals surface area contributed by atoms with Gasteiger partial charge in [0, 0.05) is 50.0 Å². The van der Waals surface area contributed by atoms with Crippen LogP contribution in [0.4, 0.5) is 16.2 Å². The minimum Gasteiger partial charge on any atom is -0.493 e. The first-order valence-electron chi connectivity index (χ1n) is 9.59. The van der Waals surface area contributed by atoms with Gasteiger partial charge < -0.3 is 25.0 Å². The van der Waals surface area contributed by atoms with Crippen LogP contribution in [0, 0.1) is 0 Å². The molecule has 2 amide bonds. The maximum absolute atomic E-state index is 12.2. The number of ether oxygens (including phenoxy) is 2. The summed E-state index contributed by atoms with van der Waals surface area (Å²) in [5, 5.41) is 6.47. The third kappa shape index (κ3) is 5.68. The van der Waals surface area contributed by atoms with Gasteiger partial charge in [-0.3, -0.25) is 4.90 Å². The van der Waals surface area contributed by atoms with E-state index in [-0.39, 0.29) is 6.03 Å². The maximum Gasteiger partial charge on any atom is 0.319 e. The molecule has 8 heteroatoms. The van der Waals surface area contributed by atoms with Crippen LogP contribution in [0.5, 0.6) is 11.5 Å². The van der Waals surface area contributed by atoms with E-state index in [0.717, 1.165) is 37.7 Å². The van der Waals surface area contributed by atoms with Crippen LogP contribution in [-0.4, -0.2) is 64.4 Å². The Morgan fingerprint density at radius 1 is 1.03 bits per heavy atom. The van der Waals surface area contributed by atoms with Crippen molar-refractivity contribution in [3.05, 3.63) is 47.5 Å². The largest absolute Gasteiger partial charge is 0.493 e. The molecular weight excluding hydrogens is 392 g/mol. The molecule has 7 nitrogen and oxygen atoms in total. The highest BCUT2D eigenvalue weighted by Gasteiger charge is 2.17. The number of para-hydroxylation sites is 1. The molecule has 1 heterocycles. The number of carbonyl (C=O) groups is 1. The van der Waals surface area contributed by atoms with Gasteiger partial charge in [-0.15, -0.1) is 0 Å². The van der Waals surface area contributed by atoms with E-state index < -0.39 is 0 Å². The number of hydrogen-bond donors (Lipinski definition) is 2. The zero-order valence-electron chi connectivity index (χ0n) is 16.8. The van der Waals surface area contributed by atoms with Gasteiger partial charge in [0.05, 0.1) is 19.9 Å². The normalized spacial score (nSPS) is 14.4. The van der Waals surface area contributed by atoms with E-state index in [1.165, 1.54) is 5.69 Å². The van der Waals surface area contributed by atoms with Gasteiger partial charge in [-0.1, -0.05) is 17.7 Å². The first-order chi connectivity index (χ1) is 14.1. The average Bonchev–Trinajstić information content (AvgIpc) is 2.74. The summed E-state index contributed by atoms with van der Waals surface area (Å²) in [6, 6.07) is 13.0. The highest BCUT2D eigenvalue weighted by Crippen LogP contribution is 2.34. The van der Waals surface area contributed by atoms with E-state index in [4.69, 9.17) is 21.1 Å². The number of nitrogens with one attached hydrogen (secondary N) is 2. The average molecular weight is 419 g/mol. The Morgan fingerprint density at radius 3 is 2.41 bits per heavy atom. The van der Waals surface area contributed by atoms with Crippen molar-refractivity contribution in [3.63, 3.8) is 0 Å². The van der Waals surface area contributed by atoms with Crippen molar-refractivity contribution >= 4 is 29.0 Å². The Balaban J connectivity index is 1.41. The third-order valence-electron chi connectivity index (χ3n) is 4.93. The monoisotopic (exact) mass is 418 g/mol. The highest BCUT2D eigenvalue weighted by atomic mass is 35.5. The minimum atomic E-state index is -0.267. The molecular formula is C21H27ClN4O3. The molecule has 1 aliphatic heterocycles. The smallest absolute Gasteiger partial charge is 0.319 e. The number of anilines is 2. The van der Waals surface area contributed by atoms with Gasteiger partial charge in [-0.2, -0.15) is 0 Å². The molecule has 1 saturated heterocycles. The summed E-state index contributed by atoms with van der Waals surface area (Å²) in [6.45, 7) is 5.19. The number of halogens is 1. The van der Waals surface area contributed by atoms with E-state index in [1.54, 1.807) is 32.4 Å². The fourth-order valence-corrected chi connectivity index (χ4v) is 3.49. The van der Waals surface area contributed by atoms with Gasteiger partial charge in [-0.05, 0) is 36.4 Å². The van der Waals surface area contributed by atoms with Gasteiger partial charge >= 0.3 is 6.03 Å². The molecule has 2 aromatic carbocycles. The van der Waals surface area contributed by atoms with Crippen LogP contribution in [0.3, 0.4) is 0 Å². The van der Waals surface area contributed by atoms with E-state index in [2.05, 4.69) is 32.6 Å². The number of urea groups is 1. The Bertz CT molecular complexity index is 808. The van der Waals surface area contributed by atoms with Crippen LogP contribution < -0.4 is 25.0 Å². The molecule has 3 rings (SSSR count). The molecule has 0 radical (unpaired) electrons. The summed E-state index contributed by atoms with van der Waals surface area (Å²) < 4.78 is 10.6. The van der Waals surface area contributed by atoms with Crippen molar-refractivity contribution in [2.24, 2.45) is 0 Å². The Morgan fingerprint density at radius 2 is 1.76 bits per heavy atom. The number of nitrogens with zero attached hydrogens (tertiary/aromatic N) is 2. The van der Waals surface area contributed by atoms with Gasteiger partial charge in [0.1, 0.15) is 0 Å². The molecule has 156 valence electrons. The van der Waals surface area contributed by atoms with Crippen LogP contribution >= 0.6 is 11.6 Å². The van der Waals surface area contributed by atoms with Crippen LogP contribution in [-0.2, 0) is 0 Å². The molecule has 1 fully saturated rings. The van der Waals surface area contributed by atoms with Crippen molar-refractivity contribution in [2.45, 2.75) is 0 Å². The molecule has 2 aromatic rings. The second kappa shape index (κ2) is 10.2. The van der Waals surface area contributed by atoms with Gasteiger partial charge in [-0.25, -0.2) is 4.79 Å². The van der Waals surface area contributed by atoms with Crippen molar-refractivity contribution in [1.82, 2.24) is 10.2 Å². The van der Waals surface area contributed by atoms with Crippen molar-refractivity contribution < 1.29 is 14.3 Å². The molecule has 0 unspecified atom stereocenters. The Labute approximate surface area is 176 Å². The van der Waals surface area contributed by atoms with E-state index in [9.17, 15) is 4.79 Å². The van der Waals surface area contributed by atoms with E-state index >= 15 is 0 Å². The zero-order chi connectivity index (χ0) is 20.6. The van der Waals surface area contributed by atoms with Crippen LogP contribution in [0.15, 0.2) is 42.5 Å². The standard InChI is InChI=1S/C21H27ClN4O3/c1-28-19-5-3-4-18(20(19)29-2)24-21(27)23-10-11-25-12-14-26(15-13-25)17-8-6-16(22)7-9-17/h3-9H,10-15H2,1-2H3,(H2,23,24,27). The first kappa shape index (κ1) is 21.1. The van der Waals surface area contributed by atoms with Crippen LogP contribution in [0.1, 0.15) is 0 Å². The summed E-state index contributed by atoms with van der Waals surface area (Å²) in [7, 11) is 3.11. The molecule has 0 bridgehead atoms. The summed E-state index contributed by atoms with van der Waals surface area (Å²) in [5.74, 6) is 1.08. The second-order valence-electron chi connectivity index (χ2n) is 6.73. The second-order valence-corrected chi connectivity index (χ2v) is 7.16. The predicted octanol–water partition coefficient (Wildman–Crippen LogP) is 3.30. The summed E-state index contributed by atoms with van der Waals surface area (Å²) >= 11 is 5.96. The number of hydrogen-bond acceptors (Lipinski definition) is 5. The quantitative estimate of drug-likeness (QED) is 0.722. The lowest BCUT2D eigenvalue weighted by molar-refractivity contribution is 0.240. The van der Waals surface area contributed by atoms with Crippen LogP contribution in [0.25, 0.3) is 0 Å². The third-order valence-corrected chi connectivity index (χ3v) is 5.18. The molecule has 29 heavy (non-hydrogen) atoms. The number of piperazine rings is 1. The molecule has 0 aromatic heterocycles. The SMILES string of the molecule is COc1cccc(NC(=O)NCCN2CCN(c3ccc(Cl)cc3)CC2)c1OC. The highest BCUT2D eigenvalue weighted by molar-refractivity contribution is 6.30. The number of methoxy groups -OCH3 is 2. The lowest BCUT2D eigenvalue weighted by Crippen LogP contribution is -2.48. The summed E-state index contributed by atoms with van der Waals surface area (Å²) in [6.07, 6.45) is 0. The lowest BCUT2D eigenvalue weighted by atomic mass is 10.2. The Kier molecular flexibility index (Phi) is 7.43. The molecule has 2 N–H and O–H groups in total. The van der Waals surface area contributed by atoms with E-state index in [1.807, 2.05) is 12.1 Å². The molecule has 1 aliphatic rings. The van der Waals surface area contributed by atoms with Gasteiger partial charge in [0.25, 0.3) is 0 Å². The minimum absolute atomic E-state index is 0.267. The van der Waals surface area contributed by atoms with Crippen LogP contribution in [0.2, 0.25) is 5.02 Å². The summed E-state index contributed by atoms with van der Waals surface area (Å²) in [4.78, 5) is 16.9. The molecule has 0 atom stereocenters. The topological polar surface area (TPSA) is 66.1 Å². The molecule has 0 aliphatic carbocycles. The van der Waals surface area contributed by atoms with Crippen molar-refractivity contribution in [1.29, 1.82) is 0 Å². The number of rotatable bonds is 7. The number of carbonyl (C=O) groups excluding carboxylic acids is 1. The van der Waals surface area contributed by atoms with Crippen molar-refractivity contribution in [2.75, 3.05) is 63.7 Å². The fraction of sp³-hybridized carbons (Fsp3) is 0.381. The predicted molar refractivity (Wildman–Crippen MR) is 117 cm³/mol. The Hall–Kier alpha value is -2.64. The lowest BCUT2D eigenvalue weighted by Gasteiger charge is -2.36. The zero-order valence-corrected chi connectivity index (χ0v) is 17.5. The fourth-order valence-electron chi connectivity index (χ4n) is 3.36. The van der Waals surface area contributed by atoms with E-state index in [0.29, 0.717) is 23.7 Å². The van der Waals surface area contributed by atoms with Gasteiger partial charge in [0.2, 0.25) is 0 Å². The number of amides is 2. The van der Waals surface area contributed by atoms with Crippen molar-refractivity contribution in [3.8, 4) is 11.5 Å². The maximum atomic E-state index is 12.2. The summed E-state index contributed by atoms with van der Waals surface area (Å²) in [5.41, 5.74) is 1.76. The molecule has 0 saturated carbocycles. The first-order valence-corrected chi connectivity index (χ1v) is 9.97. The van der Waals surface area contributed by atoms with Gasteiger partial charge in [0.15, 0.2) is 11.5 Å².